The summed E-state index contributed by atoms with van der Waals surface area (Å²) in [6, 6.07) is 8.95. The molecule has 0 aromatic heterocycles. The zero-order chi connectivity index (χ0) is 13.0. The van der Waals surface area contributed by atoms with Gasteiger partial charge in [-0.1, -0.05) is 38.1 Å². The lowest BCUT2D eigenvalue weighted by molar-refractivity contribution is 0.127. The van der Waals surface area contributed by atoms with Crippen molar-refractivity contribution in [2.75, 3.05) is 19.7 Å². The van der Waals surface area contributed by atoms with Crippen LogP contribution in [-0.4, -0.2) is 29.7 Å². The molecule has 2 rings (SSSR count). The highest BCUT2D eigenvalue weighted by Gasteiger charge is 2.18. The monoisotopic (exact) mass is 247 g/mol. The van der Waals surface area contributed by atoms with Crippen LogP contribution < -0.4 is 0 Å². The number of aliphatic hydroxyl groups is 1. The number of nitrogens with zero attached hydrogens (tertiary/aromatic N) is 1. The van der Waals surface area contributed by atoms with Crippen LogP contribution in [0.25, 0.3) is 0 Å². The van der Waals surface area contributed by atoms with Gasteiger partial charge in [0.15, 0.2) is 0 Å². The number of hydrogen-bond acceptors (Lipinski definition) is 2. The highest BCUT2D eigenvalue weighted by Crippen LogP contribution is 2.20. The van der Waals surface area contributed by atoms with Crippen molar-refractivity contribution in [2.45, 2.75) is 39.2 Å². The van der Waals surface area contributed by atoms with Gasteiger partial charge in [0.1, 0.15) is 0 Å². The van der Waals surface area contributed by atoms with Gasteiger partial charge in [-0.15, -0.1) is 0 Å². The fourth-order valence-corrected chi connectivity index (χ4v) is 2.64. The zero-order valence-electron chi connectivity index (χ0n) is 11.6. The summed E-state index contributed by atoms with van der Waals surface area (Å²) in [5.74, 6) is 1.13. The summed E-state index contributed by atoms with van der Waals surface area (Å²) < 4.78 is 0. The molecular formula is C16H25NO. The fourth-order valence-electron chi connectivity index (χ4n) is 2.64. The molecule has 1 aliphatic heterocycles. The predicted molar refractivity (Wildman–Crippen MR) is 75.6 cm³/mol. The standard InChI is InChI=1S/C16H25NO/c1-13(2)16-5-3-4-15(10-16)11-17-8-6-14(12-18)7-9-17/h3-5,10,13-14,18H,6-9,11-12H2,1-2H3. The smallest absolute Gasteiger partial charge is 0.0460 e. The SMILES string of the molecule is CC(C)c1cccc(CN2CCC(CO)CC2)c1. The van der Waals surface area contributed by atoms with Gasteiger partial charge in [0.25, 0.3) is 0 Å². The van der Waals surface area contributed by atoms with Gasteiger partial charge in [0.05, 0.1) is 0 Å². The average molecular weight is 247 g/mol. The minimum absolute atomic E-state index is 0.358. The molecule has 0 spiro atoms. The molecule has 1 saturated heterocycles. The van der Waals surface area contributed by atoms with Crippen molar-refractivity contribution in [1.29, 1.82) is 0 Å². The summed E-state index contributed by atoms with van der Waals surface area (Å²) >= 11 is 0. The van der Waals surface area contributed by atoms with E-state index in [4.69, 9.17) is 5.11 Å². The molecule has 2 heteroatoms. The molecule has 0 radical (unpaired) electrons. The molecule has 100 valence electrons. The Kier molecular flexibility index (Phi) is 4.79. The molecule has 1 aliphatic rings. The molecule has 0 aliphatic carbocycles. The van der Waals surface area contributed by atoms with Crippen LogP contribution >= 0.6 is 0 Å². The van der Waals surface area contributed by atoms with Crippen LogP contribution in [0.4, 0.5) is 0 Å². The van der Waals surface area contributed by atoms with Crippen molar-refractivity contribution >= 4 is 0 Å². The van der Waals surface area contributed by atoms with Crippen LogP contribution in [0.3, 0.4) is 0 Å². The molecule has 0 atom stereocenters. The first kappa shape index (κ1) is 13.6. The van der Waals surface area contributed by atoms with Gasteiger partial charge < -0.3 is 5.11 Å². The Morgan fingerprint density at radius 2 is 2.00 bits per heavy atom. The third-order valence-electron chi connectivity index (χ3n) is 3.99. The van der Waals surface area contributed by atoms with Crippen molar-refractivity contribution in [3.05, 3.63) is 35.4 Å². The van der Waals surface area contributed by atoms with Gasteiger partial charge in [-0.25, -0.2) is 0 Å². The first-order chi connectivity index (χ1) is 8.69. The minimum atomic E-state index is 0.358. The summed E-state index contributed by atoms with van der Waals surface area (Å²) in [6.45, 7) is 8.14. The van der Waals surface area contributed by atoms with Crippen molar-refractivity contribution in [2.24, 2.45) is 5.92 Å². The molecule has 1 aromatic carbocycles. The van der Waals surface area contributed by atoms with Crippen molar-refractivity contribution < 1.29 is 5.11 Å². The van der Waals surface area contributed by atoms with E-state index in [0.29, 0.717) is 18.4 Å². The lowest BCUT2D eigenvalue weighted by atomic mass is 9.97. The number of likely N-dealkylation sites (tertiary alicyclic amines) is 1. The zero-order valence-corrected chi connectivity index (χ0v) is 11.6. The van der Waals surface area contributed by atoms with Crippen molar-refractivity contribution in [3.8, 4) is 0 Å². The van der Waals surface area contributed by atoms with Crippen LogP contribution in [-0.2, 0) is 6.54 Å². The number of benzene rings is 1. The molecule has 1 heterocycles. The molecule has 18 heavy (non-hydrogen) atoms. The molecule has 1 N–H and O–H groups in total. The average Bonchev–Trinajstić information content (AvgIpc) is 2.40. The van der Waals surface area contributed by atoms with E-state index in [9.17, 15) is 0 Å². The van der Waals surface area contributed by atoms with Gasteiger partial charge >= 0.3 is 0 Å². The van der Waals surface area contributed by atoms with Gasteiger partial charge in [0, 0.05) is 13.2 Å². The van der Waals surface area contributed by atoms with E-state index in [1.54, 1.807) is 0 Å². The first-order valence-electron chi connectivity index (χ1n) is 7.11. The van der Waals surface area contributed by atoms with Gasteiger partial charge in [-0.05, 0) is 48.9 Å². The number of piperidine rings is 1. The molecule has 0 amide bonds. The molecule has 0 unspecified atom stereocenters. The maximum absolute atomic E-state index is 9.15. The normalized spacial score (nSPS) is 18.4. The first-order valence-corrected chi connectivity index (χ1v) is 7.11. The highest BCUT2D eigenvalue weighted by molar-refractivity contribution is 5.25. The Labute approximate surface area is 111 Å². The van der Waals surface area contributed by atoms with E-state index in [1.807, 2.05) is 0 Å². The molecule has 0 bridgehead atoms. The van der Waals surface area contributed by atoms with Crippen LogP contribution in [0.2, 0.25) is 0 Å². The summed E-state index contributed by atoms with van der Waals surface area (Å²) in [5.41, 5.74) is 2.85. The Balaban J connectivity index is 1.92. The van der Waals surface area contributed by atoms with E-state index >= 15 is 0 Å². The molecule has 1 aromatic rings. The number of aliphatic hydroxyl groups excluding tert-OH is 1. The van der Waals surface area contributed by atoms with Gasteiger partial charge in [-0.3, -0.25) is 4.90 Å². The highest BCUT2D eigenvalue weighted by atomic mass is 16.3. The van der Waals surface area contributed by atoms with E-state index in [-0.39, 0.29) is 0 Å². The van der Waals surface area contributed by atoms with E-state index in [2.05, 4.69) is 43.0 Å². The maximum Gasteiger partial charge on any atom is 0.0460 e. The lowest BCUT2D eigenvalue weighted by Gasteiger charge is -2.31. The Bertz CT molecular complexity index is 367. The third-order valence-corrected chi connectivity index (χ3v) is 3.99. The second-order valence-corrected chi connectivity index (χ2v) is 5.80. The summed E-state index contributed by atoms with van der Waals surface area (Å²) in [4.78, 5) is 2.51. The van der Waals surface area contributed by atoms with Crippen molar-refractivity contribution in [1.82, 2.24) is 4.90 Å². The molecule has 1 fully saturated rings. The quantitative estimate of drug-likeness (QED) is 0.884. The maximum atomic E-state index is 9.15. The predicted octanol–water partition coefficient (Wildman–Crippen LogP) is 3.01. The Hall–Kier alpha value is -0.860. The summed E-state index contributed by atoms with van der Waals surface area (Å²) in [7, 11) is 0. The van der Waals surface area contributed by atoms with E-state index < -0.39 is 0 Å². The van der Waals surface area contributed by atoms with Crippen LogP contribution in [0, 0.1) is 5.92 Å². The Morgan fingerprint density at radius 3 is 2.61 bits per heavy atom. The largest absolute Gasteiger partial charge is 0.396 e. The second-order valence-electron chi connectivity index (χ2n) is 5.80. The topological polar surface area (TPSA) is 23.5 Å². The second kappa shape index (κ2) is 6.35. The minimum Gasteiger partial charge on any atom is -0.396 e. The molecule has 0 saturated carbocycles. The van der Waals surface area contributed by atoms with E-state index in [0.717, 1.165) is 32.5 Å². The third kappa shape index (κ3) is 3.56. The summed E-state index contributed by atoms with van der Waals surface area (Å²) in [5, 5.41) is 9.15. The molecule has 2 nitrogen and oxygen atoms in total. The summed E-state index contributed by atoms with van der Waals surface area (Å²) in [6.07, 6.45) is 2.28. The van der Waals surface area contributed by atoms with Gasteiger partial charge in [0.2, 0.25) is 0 Å². The van der Waals surface area contributed by atoms with Crippen LogP contribution in [0.5, 0.6) is 0 Å². The van der Waals surface area contributed by atoms with Gasteiger partial charge in [-0.2, -0.15) is 0 Å². The lowest BCUT2D eigenvalue weighted by Crippen LogP contribution is -2.34. The Morgan fingerprint density at radius 1 is 1.28 bits per heavy atom. The van der Waals surface area contributed by atoms with Crippen molar-refractivity contribution in [3.63, 3.8) is 0 Å². The van der Waals surface area contributed by atoms with E-state index in [1.165, 1.54) is 11.1 Å². The fraction of sp³-hybridized carbons (Fsp3) is 0.625. The number of rotatable bonds is 4. The van der Waals surface area contributed by atoms with Crippen LogP contribution in [0.1, 0.15) is 43.7 Å². The molecular weight excluding hydrogens is 222 g/mol. The number of hydrogen-bond donors (Lipinski definition) is 1. The van der Waals surface area contributed by atoms with Crippen LogP contribution in [0.15, 0.2) is 24.3 Å².